The van der Waals surface area contributed by atoms with Crippen LogP contribution in [-0.2, 0) is 6.61 Å². The molecular formula is C24H23N3O2S2. The van der Waals surface area contributed by atoms with E-state index in [0.717, 1.165) is 31.7 Å². The molecule has 0 radical (unpaired) electrons. The van der Waals surface area contributed by atoms with Gasteiger partial charge in [-0.3, -0.25) is 5.43 Å². The van der Waals surface area contributed by atoms with Crippen LogP contribution in [0.5, 0.6) is 11.5 Å². The SMILES string of the molecule is COc1ccc(/C=N\Nc2nc(-c3cccs3)c(C)s2)cc1OCc1ccc(C)cc1. The normalized spacial score (nSPS) is 11.1. The number of aromatic nitrogens is 1. The molecule has 0 amide bonds. The van der Waals surface area contributed by atoms with Crippen molar-refractivity contribution in [2.45, 2.75) is 20.5 Å². The Morgan fingerprint density at radius 2 is 1.90 bits per heavy atom. The molecule has 0 spiro atoms. The fourth-order valence-electron chi connectivity index (χ4n) is 2.98. The van der Waals surface area contributed by atoms with Crippen molar-refractivity contribution in [2.24, 2.45) is 5.10 Å². The second-order valence-electron chi connectivity index (χ2n) is 6.96. The first kappa shape index (κ1) is 21.1. The molecule has 1 N–H and O–H groups in total. The van der Waals surface area contributed by atoms with Crippen LogP contribution in [0.25, 0.3) is 10.6 Å². The van der Waals surface area contributed by atoms with Gasteiger partial charge in [0.05, 0.1) is 23.9 Å². The lowest BCUT2D eigenvalue weighted by Crippen LogP contribution is -1.99. The van der Waals surface area contributed by atoms with Crippen molar-refractivity contribution >= 4 is 34.0 Å². The Morgan fingerprint density at radius 1 is 1.06 bits per heavy atom. The maximum Gasteiger partial charge on any atom is 0.204 e. The summed E-state index contributed by atoms with van der Waals surface area (Å²) in [7, 11) is 1.64. The van der Waals surface area contributed by atoms with Crippen molar-refractivity contribution in [1.82, 2.24) is 4.98 Å². The first-order valence-corrected chi connectivity index (χ1v) is 11.5. The molecular weight excluding hydrogens is 426 g/mol. The summed E-state index contributed by atoms with van der Waals surface area (Å²) in [6.07, 6.45) is 1.75. The van der Waals surface area contributed by atoms with Crippen LogP contribution in [-0.4, -0.2) is 18.3 Å². The topological polar surface area (TPSA) is 55.7 Å². The number of anilines is 1. The molecule has 7 heteroatoms. The van der Waals surface area contributed by atoms with Gasteiger partial charge in [-0.05, 0) is 54.6 Å². The van der Waals surface area contributed by atoms with Gasteiger partial charge in [-0.25, -0.2) is 4.98 Å². The molecule has 31 heavy (non-hydrogen) atoms. The largest absolute Gasteiger partial charge is 0.493 e. The van der Waals surface area contributed by atoms with Gasteiger partial charge < -0.3 is 9.47 Å². The molecule has 0 aliphatic carbocycles. The highest BCUT2D eigenvalue weighted by Crippen LogP contribution is 2.33. The Morgan fingerprint density at radius 3 is 2.65 bits per heavy atom. The number of thiazole rings is 1. The lowest BCUT2D eigenvalue weighted by molar-refractivity contribution is 0.284. The fraction of sp³-hybridized carbons (Fsp3) is 0.167. The van der Waals surface area contributed by atoms with Crippen molar-refractivity contribution in [2.75, 3.05) is 12.5 Å². The number of thiophene rings is 1. The number of benzene rings is 2. The van der Waals surface area contributed by atoms with Crippen LogP contribution < -0.4 is 14.9 Å². The Kier molecular flexibility index (Phi) is 6.64. The number of nitrogens with one attached hydrogen (secondary N) is 1. The summed E-state index contributed by atoms with van der Waals surface area (Å²) in [5, 5.41) is 7.17. The van der Waals surface area contributed by atoms with Crippen LogP contribution in [0.4, 0.5) is 5.13 Å². The Labute approximate surface area is 190 Å². The highest BCUT2D eigenvalue weighted by Gasteiger charge is 2.10. The predicted octanol–water partition coefficient (Wildman–Crippen LogP) is 6.52. The Bertz CT molecular complexity index is 1170. The van der Waals surface area contributed by atoms with Gasteiger partial charge in [-0.15, -0.1) is 22.7 Å². The van der Waals surface area contributed by atoms with Crippen LogP contribution in [0, 0.1) is 13.8 Å². The predicted molar refractivity (Wildman–Crippen MR) is 130 cm³/mol. The molecule has 0 bridgehead atoms. The lowest BCUT2D eigenvalue weighted by Gasteiger charge is -2.11. The van der Waals surface area contributed by atoms with Crippen LogP contribution in [0.3, 0.4) is 0 Å². The summed E-state index contributed by atoms with van der Waals surface area (Å²) >= 11 is 3.27. The molecule has 2 heterocycles. The van der Waals surface area contributed by atoms with Crippen molar-refractivity contribution in [3.63, 3.8) is 0 Å². The highest BCUT2D eigenvalue weighted by atomic mass is 32.1. The third-order valence-electron chi connectivity index (χ3n) is 4.63. The summed E-state index contributed by atoms with van der Waals surface area (Å²) in [4.78, 5) is 6.98. The number of aryl methyl sites for hydroxylation is 2. The summed E-state index contributed by atoms with van der Waals surface area (Å²) in [5.74, 6) is 1.37. The van der Waals surface area contributed by atoms with Crippen LogP contribution in [0.1, 0.15) is 21.6 Å². The molecule has 0 aliphatic rings. The van der Waals surface area contributed by atoms with E-state index in [0.29, 0.717) is 18.1 Å². The van der Waals surface area contributed by atoms with E-state index in [2.05, 4.69) is 65.1 Å². The van der Waals surface area contributed by atoms with E-state index in [4.69, 9.17) is 9.47 Å². The van der Waals surface area contributed by atoms with Gasteiger partial charge in [-0.1, -0.05) is 35.9 Å². The zero-order chi connectivity index (χ0) is 21.6. The average molecular weight is 450 g/mol. The number of hydrogen-bond donors (Lipinski definition) is 1. The summed E-state index contributed by atoms with van der Waals surface area (Å²) in [6, 6.07) is 18.1. The first-order chi connectivity index (χ1) is 15.1. The van der Waals surface area contributed by atoms with Crippen LogP contribution in [0.15, 0.2) is 65.1 Å². The fourth-order valence-corrected chi connectivity index (χ4v) is 4.59. The standard InChI is InChI=1S/C24H23N3O2S2/c1-16-6-8-18(9-7-16)15-29-21-13-19(10-11-20(21)28-3)14-25-27-24-26-23(17(2)31-24)22-5-4-12-30-22/h4-14H,15H2,1-3H3,(H,26,27)/b25-14-. The van der Waals surface area contributed by atoms with E-state index in [-0.39, 0.29) is 0 Å². The number of hydrazone groups is 1. The highest BCUT2D eigenvalue weighted by molar-refractivity contribution is 7.17. The minimum absolute atomic E-state index is 0.472. The van der Waals surface area contributed by atoms with E-state index in [1.54, 1.807) is 36.0 Å². The van der Waals surface area contributed by atoms with Crippen LogP contribution in [0.2, 0.25) is 0 Å². The van der Waals surface area contributed by atoms with Gasteiger partial charge in [0.15, 0.2) is 11.5 Å². The molecule has 158 valence electrons. The molecule has 2 aromatic heterocycles. The zero-order valence-corrected chi connectivity index (χ0v) is 19.2. The molecule has 5 nitrogen and oxygen atoms in total. The first-order valence-electron chi connectivity index (χ1n) is 9.79. The molecule has 4 aromatic rings. The molecule has 0 atom stereocenters. The summed E-state index contributed by atoms with van der Waals surface area (Å²) < 4.78 is 11.4. The summed E-state index contributed by atoms with van der Waals surface area (Å²) in [5.41, 5.74) is 7.28. The van der Waals surface area contributed by atoms with Crippen LogP contribution >= 0.6 is 22.7 Å². The molecule has 2 aromatic carbocycles. The van der Waals surface area contributed by atoms with Crippen molar-refractivity contribution in [1.29, 1.82) is 0 Å². The molecule has 4 rings (SSSR count). The number of hydrogen-bond acceptors (Lipinski definition) is 7. The molecule has 0 fully saturated rings. The second kappa shape index (κ2) is 9.76. The number of ether oxygens (including phenoxy) is 2. The van der Waals surface area contributed by atoms with E-state index < -0.39 is 0 Å². The Balaban J connectivity index is 1.43. The lowest BCUT2D eigenvalue weighted by atomic mass is 10.1. The third kappa shape index (κ3) is 5.31. The minimum Gasteiger partial charge on any atom is -0.493 e. The average Bonchev–Trinajstić information content (AvgIpc) is 3.43. The van der Waals surface area contributed by atoms with Gasteiger partial charge in [0.25, 0.3) is 0 Å². The maximum absolute atomic E-state index is 6.00. The zero-order valence-electron chi connectivity index (χ0n) is 17.6. The van der Waals surface area contributed by atoms with Crippen molar-refractivity contribution in [3.8, 4) is 22.1 Å². The molecule has 0 aliphatic heterocycles. The molecule has 0 saturated carbocycles. The van der Waals surface area contributed by atoms with Crippen molar-refractivity contribution in [3.05, 3.63) is 81.5 Å². The Hall–Kier alpha value is -3.16. The molecule has 0 unspecified atom stereocenters. The van der Waals surface area contributed by atoms with Crippen molar-refractivity contribution < 1.29 is 9.47 Å². The maximum atomic E-state index is 6.00. The van der Waals surface area contributed by atoms with Gasteiger partial charge in [0.2, 0.25) is 5.13 Å². The number of methoxy groups -OCH3 is 1. The van der Waals surface area contributed by atoms with Gasteiger partial charge in [0, 0.05) is 4.88 Å². The monoisotopic (exact) mass is 449 g/mol. The third-order valence-corrected chi connectivity index (χ3v) is 6.38. The minimum atomic E-state index is 0.472. The van der Waals surface area contributed by atoms with Gasteiger partial charge in [0.1, 0.15) is 6.61 Å². The van der Waals surface area contributed by atoms with E-state index in [1.165, 1.54) is 5.56 Å². The summed E-state index contributed by atoms with van der Waals surface area (Å²) in [6.45, 7) is 4.61. The van der Waals surface area contributed by atoms with Gasteiger partial charge >= 0.3 is 0 Å². The quantitative estimate of drug-likeness (QED) is 0.246. The van der Waals surface area contributed by atoms with Gasteiger partial charge in [-0.2, -0.15) is 5.10 Å². The number of rotatable bonds is 8. The van der Waals surface area contributed by atoms with E-state index >= 15 is 0 Å². The van der Waals surface area contributed by atoms with E-state index in [1.807, 2.05) is 24.3 Å². The smallest absolute Gasteiger partial charge is 0.204 e. The molecule has 0 saturated heterocycles. The number of nitrogens with zero attached hydrogens (tertiary/aromatic N) is 2. The second-order valence-corrected chi connectivity index (χ2v) is 9.11. The van der Waals surface area contributed by atoms with E-state index in [9.17, 15) is 0 Å².